The molecule has 1 rings (SSSR count). The average molecular weight is 257 g/mol. The van der Waals surface area contributed by atoms with E-state index in [-0.39, 0.29) is 11.7 Å². The molecule has 1 aromatic rings. The second kappa shape index (κ2) is 4.32. The van der Waals surface area contributed by atoms with Gasteiger partial charge in [-0.15, -0.1) is 0 Å². The number of hydrogen-bond donors (Lipinski definition) is 1. The Morgan fingerprint density at radius 1 is 1.56 bits per heavy atom. The van der Waals surface area contributed by atoms with Gasteiger partial charge in [0, 0.05) is 12.1 Å². The predicted molar refractivity (Wildman–Crippen MR) is 49.3 cm³/mol. The number of aromatic nitrogens is 2. The van der Waals surface area contributed by atoms with Crippen LogP contribution in [0.5, 0.6) is 0 Å². The lowest BCUT2D eigenvalue weighted by atomic mass is 10.2. The van der Waals surface area contributed by atoms with E-state index in [9.17, 15) is 18.0 Å². The molecular weight excluding hydrogens is 249 g/mol. The Hall–Kier alpha value is -1.24. The fraction of sp³-hybridized carbons (Fsp3) is 0.500. The monoisotopic (exact) mass is 256 g/mol. The largest absolute Gasteiger partial charge is 0.481 e. The van der Waals surface area contributed by atoms with Crippen LogP contribution in [0.1, 0.15) is 18.2 Å². The number of aliphatic carboxylic acids is 1. The number of carbonyl (C=O) groups is 1. The zero-order valence-electron chi connectivity index (χ0n) is 8.18. The van der Waals surface area contributed by atoms with Crippen LogP contribution in [0, 0.1) is 0 Å². The predicted octanol–water partition coefficient (Wildman–Crippen LogP) is 2.20. The van der Waals surface area contributed by atoms with E-state index in [1.165, 1.54) is 0 Å². The lowest BCUT2D eigenvalue weighted by Crippen LogP contribution is -2.12. The molecule has 0 saturated carbocycles. The molecule has 1 N–H and O–H groups in total. The zero-order valence-corrected chi connectivity index (χ0v) is 8.93. The first-order valence-corrected chi connectivity index (χ1v) is 4.69. The second-order valence-electron chi connectivity index (χ2n) is 3.00. The summed E-state index contributed by atoms with van der Waals surface area (Å²) >= 11 is 5.62. The van der Waals surface area contributed by atoms with E-state index < -0.39 is 29.8 Å². The summed E-state index contributed by atoms with van der Waals surface area (Å²) in [6.45, 7) is 1.70. The summed E-state index contributed by atoms with van der Waals surface area (Å²) in [6.07, 6.45) is -5.50. The third kappa shape index (κ3) is 2.46. The molecule has 16 heavy (non-hydrogen) atoms. The maximum Gasteiger partial charge on any atom is 0.435 e. The van der Waals surface area contributed by atoms with Gasteiger partial charge in [-0.1, -0.05) is 11.6 Å². The Balaban J connectivity index is 3.30. The van der Waals surface area contributed by atoms with E-state index >= 15 is 0 Å². The third-order valence-corrected chi connectivity index (χ3v) is 2.30. The quantitative estimate of drug-likeness (QED) is 0.902. The maximum absolute atomic E-state index is 12.5. The minimum absolute atomic E-state index is 0.140. The van der Waals surface area contributed by atoms with Crippen molar-refractivity contribution in [3.8, 4) is 0 Å². The number of hydrogen-bond acceptors (Lipinski definition) is 2. The van der Waals surface area contributed by atoms with Gasteiger partial charge in [0.1, 0.15) is 5.15 Å². The number of carboxylic acid groups (broad SMARTS) is 1. The summed E-state index contributed by atoms with van der Waals surface area (Å²) in [5.74, 6) is -1.39. The summed E-state index contributed by atoms with van der Waals surface area (Å²) in [4.78, 5) is 10.4. The fourth-order valence-electron chi connectivity index (χ4n) is 1.22. The van der Waals surface area contributed by atoms with Crippen LogP contribution >= 0.6 is 11.6 Å². The van der Waals surface area contributed by atoms with Gasteiger partial charge in [0.05, 0.1) is 6.42 Å². The molecule has 1 aromatic heterocycles. The Morgan fingerprint density at radius 3 is 2.50 bits per heavy atom. The number of halogens is 4. The number of alkyl halides is 3. The molecular formula is C8H8ClF3N2O2. The first kappa shape index (κ1) is 12.8. The Labute approximate surface area is 93.6 Å². The standard InChI is InChI=1S/C8H8ClF3N2O2/c1-2-14-7(9)4(3-5(15)16)6(13-14)8(10,11)12/h2-3H2,1H3,(H,15,16). The summed E-state index contributed by atoms with van der Waals surface area (Å²) in [6, 6.07) is 0. The van der Waals surface area contributed by atoms with Crippen molar-refractivity contribution < 1.29 is 23.1 Å². The van der Waals surface area contributed by atoms with Crippen LogP contribution in [0.15, 0.2) is 0 Å². The van der Waals surface area contributed by atoms with Crippen LogP contribution in [0.3, 0.4) is 0 Å². The molecule has 4 nitrogen and oxygen atoms in total. The normalized spacial score (nSPS) is 11.8. The maximum atomic E-state index is 12.5. The number of rotatable bonds is 3. The van der Waals surface area contributed by atoms with E-state index in [0.29, 0.717) is 0 Å². The van der Waals surface area contributed by atoms with Crippen LogP contribution < -0.4 is 0 Å². The van der Waals surface area contributed by atoms with E-state index in [2.05, 4.69) is 5.10 Å². The zero-order chi connectivity index (χ0) is 12.5. The van der Waals surface area contributed by atoms with Gasteiger partial charge in [0.2, 0.25) is 0 Å². The van der Waals surface area contributed by atoms with Gasteiger partial charge in [-0.05, 0) is 6.92 Å². The Morgan fingerprint density at radius 2 is 2.12 bits per heavy atom. The Kier molecular flexibility index (Phi) is 3.47. The molecule has 90 valence electrons. The van der Waals surface area contributed by atoms with Gasteiger partial charge in [-0.25, -0.2) is 0 Å². The van der Waals surface area contributed by atoms with E-state index in [1.807, 2.05) is 0 Å². The van der Waals surface area contributed by atoms with Crippen molar-refractivity contribution in [2.24, 2.45) is 0 Å². The smallest absolute Gasteiger partial charge is 0.435 e. The average Bonchev–Trinajstić information content (AvgIpc) is 2.42. The highest BCUT2D eigenvalue weighted by Gasteiger charge is 2.39. The minimum Gasteiger partial charge on any atom is -0.481 e. The van der Waals surface area contributed by atoms with Crippen LogP contribution in [0.4, 0.5) is 13.2 Å². The van der Waals surface area contributed by atoms with Crippen LogP contribution in [-0.4, -0.2) is 20.9 Å². The molecule has 0 aliphatic carbocycles. The number of carboxylic acids is 1. The van der Waals surface area contributed by atoms with Crippen molar-refractivity contribution >= 4 is 17.6 Å². The molecule has 0 fully saturated rings. The van der Waals surface area contributed by atoms with Crippen molar-refractivity contribution in [3.63, 3.8) is 0 Å². The first-order chi connectivity index (χ1) is 7.27. The highest BCUT2D eigenvalue weighted by molar-refractivity contribution is 6.30. The van der Waals surface area contributed by atoms with Crippen molar-refractivity contribution in [2.45, 2.75) is 26.1 Å². The van der Waals surface area contributed by atoms with Gasteiger partial charge < -0.3 is 5.11 Å². The fourth-order valence-corrected chi connectivity index (χ4v) is 1.54. The van der Waals surface area contributed by atoms with Crippen LogP contribution in [-0.2, 0) is 23.9 Å². The highest BCUT2D eigenvalue weighted by atomic mass is 35.5. The van der Waals surface area contributed by atoms with Crippen LogP contribution in [0.2, 0.25) is 5.15 Å². The molecule has 0 unspecified atom stereocenters. The first-order valence-electron chi connectivity index (χ1n) is 4.31. The molecule has 0 amide bonds. The van der Waals surface area contributed by atoms with Crippen molar-refractivity contribution in [1.29, 1.82) is 0 Å². The van der Waals surface area contributed by atoms with Crippen LogP contribution in [0.25, 0.3) is 0 Å². The molecule has 0 aliphatic heterocycles. The van der Waals surface area contributed by atoms with Crippen molar-refractivity contribution in [3.05, 3.63) is 16.4 Å². The van der Waals surface area contributed by atoms with E-state index in [4.69, 9.17) is 16.7 Å². The third-order valence-electron chi connectivity index (χ3n) is 1.88. The highest BCUT2D eigenvalue weighted by Crippen LogP contribution is 2.34. The topological polar surface area (TPSA) is 55.1 Å². The number of aryl methyl sites for hydroxylation is 1. The molecule has 0 bridgehead atoms. The summed E-state index contributed by atoms with van der Waals surface area (Å²) in [5, 5.41) is 11.5. The molecule has 0 atom stereocenters. The summed E-state index contributed by atoms with van der Waals surface area (Å²) in [7, 11) is 0. The van der Waals surface area contributed by atoms with E-state index in [1.54, 1.807) is 6.92 Å². The SMILES string of the molecule is CCn1nc(C(F)(F)F)c(CC(=O)O)c1Cl. The minimum atomic E-state index is -4.70. The Bertz CT molecular complexity index is 414. The lowest BCUT2D eigenvalue weighted by Gasteiger charge is -2.03. The molecule has 0 radical (unpaired) electrons. The lowest BCUT2D eigenvalue weighted by molar-refractivity contribution is -0.142. The van der Waals surface area contributed by atoms with Crippen molar-refractivity contribution in [1.82, 2.24) is 9.78 Å². The molecule has 1 heterocycles. The number of nitrogens with zero attached hydrogens (tertiary/aromatic N) is 2. The van der Waals surface area contributed by atoms with Gasteiger partial charge in [0.15, 0.2) is 5.69 Å². The molecule has 0 aromatic carbocycles. The summed E-state index contributed by atoms with van der Waals surface area (Å²) in [5.41, 5.74) is -1.73. The van der Waals surface area contributed by atoms with Gasteiger partial charge >= 0.3 is 12.1 Å². The molecule has 0 aliphatic rings. The van der Waals surface area contributed by atoms with Gasteiger partial charge in [-0.3, -0.25) is 9.48 Å². The van der Waals surface area contributed by atoms with Gasteiger partial charge in [0.25, 0.3) is 0 Å². The van der Waals surface area contributed by atoms with Gasteiger partial charge in [-0.2, -0.15) is 18.3 Å². The molecule has 0 spiro atoms. The molecule has 8 heteroatoms. The second-order valence-corrected chi connectivity index (χ2v) is 3.36. The van der Waals surface area contributed by atoms with Crippen molar-refractivity contribution in [2.75, 3.05) is 0 Å². The summed E-state index contributed by atoms with van der Waals surface area (Å²) < 4.78 is 38.4. The molecule has 0 saturated heterocycles. The van der Waals surface area contributed by atoms with E-state index in [0.717, 1.165) is 4.68 Å².